The van der Waals surface area contributed by atoms with Crippen molar-refractivity contribution in [1.29, 1.82) is 0 Å². The highest BCUT2D eigenvalue weighted by atomic mass is 16.5. The third-order valence-electron chi connectivity index (χ3n) is 7.57. The number of nitrogens with one attached hydrogen (secondary N) is 1. The fourth-order valence-electron chi connectivity index (χ4n) is 4.86. The number of rotatable bonds is 17. The molecule has 1 amide bonds. The van der Waals surface area contributed by atoms with Gasteiger partial charge in [-0.3, -0.25) is 4.79 Å². The molecule has 1 heterocycles. The Morgan fingerprint density at radius 1 is 0.919 bits per heavy atom. The molecular weight excluding hydrogens is 458 g/mol. The van der Waals surface area contributed by atoms with E-state index in [1.54, 1.807) is 0 Å². The molecule has 0 aliphatic rings. The summed E-state index contributed by atoms with van der Waals surface area (Å²) in [4.78, 5) is 17.1. The SMILES string of the molecule is CCC(CC)C(=O)NCCCCCc1nc2ccccc2n1CCCCOc1ccc(C(C)CC)cc1. The number of imidazole rings is 1. The van der Waals surface area contributed by atoms with Crippen molar-refractivity contribution < 1.29 is 9.53 Å². The number of amides is 1. The summed E-state index contributed by atoms with van der Waals surface area (Å²) in [5.74, 6) is 3.08. The molecule has 0 fully saturated rings. The number of nitrogens with zero attached hydrogens (tertiary/aromatic N) is 2. The Kier molecular flexibility index (Phi) is 12.0. The number of ether oxygens (including phenoxy) is 1. The molecule has 5 heteroatoms. The van der Waals surface area contributed by atoms with Gasteiger partial charge in [-0.2, -0.15) is 0 Å². The van der Waals surface area contributed by atoms with Crippen molar-refractivity contribution in [3.63, 3.8) is 0 Å². The molecule has 3 rings (SSSR count). The summed E-state index contributed by atoms with van der Waals surface area (Å²) >= 11 is 0. The summed E-state index contributed by atoms with van der Waals surface area (Å²) in [5.41, 5.74) is 3.67. The van der Waals surface area contributed by atoms with Crippen molar-refractivity contribution in [2.45, 2.75) is 97.9 Å². The van der Waals surface area contributed by atoms with Crippen LogP contribution in [-0.4, -0.2) is 28.6 Å². The molecule has 1 unspecified atom stereocenters. The highest BCUT2D eigenvalue weighted by Crippen LogP contribution is 2.22. The number of hydrogen-bond donors (Lipinski definition) is 1. The van der Waals surface area contributed by atoms with Crippen LogP contribution in [-0.2, 0) is 17.8 Å². The summed E-state index contributed by atoms with van der Waals surface area (Å²) in [6, 6.07) is 17.0. The quantitative estimate of drug-likeness (QED) is 0.191. The van der Waals surface area contributed by atoms with Gasteiger partial charge >= 0.3 is 0 Å². The van der Waals surface area contributed by atoms with E-state index < -0.39 is 0 Å². The second-order valence-corrected chi connectivity index (χ2v) is 10.2. The van der Waals surface area contributed by atoms with Crippen LogP contribution < -0.4 is 10.1 Å². The van der Waals surface area contributed by atoms with Crippen LogP contribution in [0.5, 0.6) is 5.75 Å². The third kappa shape index (κ3) is 8.62. The van der Waals surface area contributed by atoms with Gasteiger partial charge in [0.2, 0.25) is 5.91 Å². The lowest BCUT2D eigenvalue weighted by Gasteiger charge is -2.13. The average Bonchev–Trinajstić information content (AvgIpc) is 3.28. The molecule has 0 aliphatic carbocycles. The minimum absolute atomic E-state index is 0.153. The molecule has 1 atom stereocenters. The maximum atomic E-state index is 12.1. The summed E-state index contributed by atoms with van der Waals surface area (Å²) < 4.78 is 8.40. The molecule has 3 aromatic rings. The minimum Gasteiger partial charge on any atom is -0.494 e. The molecule has 202 valence electrons. The van der Waals surface area contributed by atoms with Crippen LogP contribution in [0.15, 0.2) is 48.5 Å². The molecule has 0 saturated heterocycles. The molecule has 1 aromatic heterocycles. The van der Waals surface area contributed by atoms with Gasteiger partial charge in [-0.05, 0) is 80.7 Å². The van der Waals surface area contributed by atoms with Gasteiger partial charge in [-0.15, -0.1) is 0 Å². The van der Waals surface area contributed by atoms with Gasteiger partial charge in [0.15, 0.2) is 0 Å². The maximum absolute atomic E-state index is 12.1. The third-order valence-corrected chi connectivity index (χ3v) is 7.57. The highest BCUT2D eigenvalue weighted by molar-refractivity contribution is 5.78. The number of carbonyl (C=O) groups excluding carboxylic acids is 1. The van der Waals surface area contributed by atoms with Crippen molar-refractivity contribution in [1.82, 2.24) is 14.9 Å². The van der Waals surface area contributed by atoms with E-state index in [2.05, 4.69) is 86.1 Å². The van der Waals surface area contributed by atoms with E-state index in [9.17, 15) is 4.79 Å². The van der Waals surface area contributed by atoms with E-state index in [0.717, 1.165) is 88.8 Å². The number of aryl methyl sites for hydroxylation is 2. The van der Waals surface area contributed by atoms with Gasteiger partial charge in [0, 0.05) is 25.4 Å². The predicted molar refractivity (Wildman–Crippen MR) is 154 cm³/mol. The molecule has 1 N–H and O–H groups in total. The van der Waals surface area contributed by atoms with Crippen molar-refractivity contribution >= 4 is 16.9 Å². The van der Waals surface area contributed by atoms with Gasteiger partial charge in [0.05, 0.1) is 17.6 Å². The maximum Gasteiger partial charge on any atom is 0.223 e. The average molecular weight is 506 g/mol. The summed E-state index contributed by atoms with van der Waals surface area (Å²) in [5, 5.41) is 3.11. The fraction of sp³-hybridized carbons (Fsp3) is 0.562. The lowest BCUT2D eigenvalue weighted by atomic mass is 9.99. The van der Waals surface area contributed by atoms with E-state index in [0.29, 0.717) is 5.92 Å². The summed E-state index contributed by atoms with van der Waals surface area (Å²) in [6.45, 7) is 11.1. The standard InChI is InChI=1S/C32H47N3O2/c1-5-25(4)27-18-20-28(21-19-27)37-24-14-13-23-35-30-16-11-10-15-29(30)34-31(35)17-9-8-12-22-33-32(36)26(6-2)7-3/h10-11,15-16,18-21,25-26H,5-9,12-14,17,22-24H2,1-4H3,(H,33,36). The second-order valence-electron chi connectivity index (χ2n) is 10.2. The zero-order valence-electron chi connectivity index (χ0n) is 23.5. The van der Waals surface area contributed by atoms with E-state index in [-0.39, 0.29) is 11.8 Å². The van der Waals surface area contributed by atoms with Crippen molar-refractivity contribution in [3.8, 4) is 5.75 Å². The fourth-order valence-corrected chi connectivity index (χ4v) is 4.86. The topological polar surface area (TPSA) is 56.2 Å². The van der Waals surface area contributed by atoms with Crippen LogP contribution in [0, 0.1) is 5.92 Å². The molecule has 0 radical (unpaired) electrons. The summed E-state index contributed by atoms with van der Waals surface area (Å²) in [6.07, 6.45) is 9.20. The Balaban J connectivity index is 1.43. The van der Waals surface area contributed by atoms with Crippen LogP contribution in [0.2, 0.25) is 0 Å². The molecule has 0 aliphatic heterocycles. The van der Waals surface area contributed by atoms with Crippen LogP contribution in [0.3, 0.4) is 0 Å². The first-order chi connectivity index (χ1) is 18.1. The lowest BCUT2D eigenvalue weighted by Crippen LogP contribution is -2.30. The second kappa shape index (κ2) is 15.4. The van der Waals surface area contributed by atoms with Crippen LogP contribution >= 0.6 is 0 Å². The predicted octanol–water partition coefficient (Wildman–Crippen LogP) is 7.67. The number of carbonyl (C=O) groups is 1. The number of aromatic nitrogens is 2. The molecule has 0 bridgehead atoms. The van der Waals surface area contributed by atoms with Gasteiger partial charge in [0.25, 0.3) is 0 Å². The normalized spacial score (nSPS) is 12.2. The number of benzene rings is 2. The number of hydrogen-bond acceptors (Lipinski definition) is 3. The first-order valence-corrected chi connectivity index (χ1v) is 14.5. The van der Waals surface area contributed by atoms with Crippen LogP contribution in [0.25, 0.3) is 11.0 Å². The van der Waals surface area contributed by atoms with Crippen molar-refractivity contribution in [2.24, 2.45) is 5.92 Å². The Bertz CT molecular complexity index is 1070. The van der Waals surface area contributed by atoms with Crippen molar-refractivity contribution in [3.05, 3.63) is 59.9 Å². The Labute approximate surface area is 224 Å². The largest absolute Gasteiger partial charge is 0.494 e. The molecular formula is C32H47N3O2. The molecule has 0 spiro atoms. The van der Waals surface area contributed by atoms with Crippen LogP contribution in [0.4, 0.5) is 0 Å². The van der Waals surface area contributed by atoms with Crippen LogP contribution in [0.1, 0.15) is 96.4 Å². The van der Waals surface area contributed by atoms with E-state index in [1.807, 2.05) is 0 Å². The number of unbranched alkanes of at least 4 members (excludes halogenated alkanes) is 3. The Morgan fingerprint density at radius 3 is 2.41 bits per heavy atom. The monoisotopic (exact) mass is 505 g/mol. The minimum atomic E-state index is 0.153. The molecule has 2 aromatic carbocycles. The van der Waals surface area contributed by atoms with E-state index in [4.69, 9.17) is 9.72 Å². The Morgan fingerprint density at radius 2 is 1.68 bits per heavy atom. The van der Waals surface area contributed by atoms with Gasteiger partial charge in [0.1, 0.15) is 11.6 Å². The first kappa shape index (κ1) is 28.7. The lowest BCUT2D eigenvalue weighted by molar-refractivity contribution is -0.125. The zero-order chi connectivity index (χ0) is 26.5. The smallest absolute Gasteiger partial charge is 0.223 e. The summed E-state index contributed by atoms with van der Waals surface area (Å²) in [7, 11) is 0. The Hall–Kier alpha value is -2.82. The first-order valence-electron chi connectivity index (χ1n) is 14.5. The number of fused-ring (bicyclic) bond motifs is 1. The van der Waals surface area contributed by atoms with Crippen molar-refractivity contribution in [2.75, 3.05) is 13.2 Å². The number of para-hydroxylation sites is 2. The molecule has 0 saturated carbocycles. The van der Waals surface area contributed by atoms with E-state index in [1.165, 1.54) is 16.9 Å². The molecule has 37 heavy (non-hydrogen) atoms. The van der Waals surface area contributed by atoms with Gasteiger partial charge in [-0.1, -0.05) is 58.4 Å². The highest BCUT2D eigenvalue weighted by Gasteiger charge is 2.13. The molecule has 5 nitrogen and oxygen atoms in total. The van der Waals surface area contributed by atoms with Gasteiger partial charge < -0.3 is 14.6 Å². The van der Waals surface area contributed by atoms with Gasteiger partial charge in [-0.25, -0.2) is 4.98 Å². The zero-order valence-corrected chi connectivity index (χ0v) is 23.5. The van der Waals surface area contributed by atoms with E-state index >= 15 is 0 Å².